The number of aromatic nitrogens is 2. The molecule has 2 N–H and O–H groups in total. The van der Waals surface area contributed by atoms with Gasteiger partial charge in [-0.1, -0.05) is 31.5 Å². The van der Waals surface area contributed by atoms with Crippen molar-refractivity contribution in [2.24, 2.45) is 5.92 Å². The number of nitrogens with one attached hydrogen (secondary N) is 2. The Balaban J connectivity index is 1.59. The summed E-state index contributed by atoms with van der Waals surface area (Å²) in [5, 5.41) is 18.3. The summed E-state index contributed by atoms with van der Waals surface area (Å²) < 4.78 is 1.98. The van der Waals surface area contributed by atoms with Gasteiger partial charge in [0.2, 0.25) is 5.91 Å². The second-order valence-corrected chi connectivity index (χ2v) is 10.2. The largest absolute Gasteiger partial charge is 0.351 e. The summed E-state index contributed by atoms with van der Waals surface area (Å²) in [4.78, 5) is 29.6. The molecular weight excluding hydrogens is 536 g/mol. The molecule has 198 valence electrons. The van der Waals surface area contributed by atoms with Gasteiger partial charge in [-0.05, 0) is 66.8 Å². The number of thiocarbonyl (C=S) groups is 1. The number of hydrogen-bond acceptors (Lipinski definition) is 5. The first-order valence-corrected chi connectivity index (χ1v) is 13.1. The van der Waals surface area contributed by atoms with Gasteiger partial charge in [-0.15, -0.1) is 0 Å². The van der Waals surface area contributed by atoms with Crippen LogP contribution in [0, 0.1) is 16.0 Å². The van der Waals surface area contributed by atoms with E-state index in [9.17, 15) is 14.9 Å². The second kappa shape index (κ2) is 10.8. The van der Waals surface area contributed by atoms with Crippen molar-refractivity contribution in [3.63, 3.8) is 0 Å². The molecule has 1 amide bonds. The quantitative estimate of drug-likeness (QED) is 0.157. The van der Waals surface area contributed by atoms with Crippen LogP contribution in [-0.4, -0.2) is 25.5 Å². The third-order valence-corrected chi connectivity index (χ3v) is 7.16. The zero-order valence-corrected chi connectivity index (χ0v) is 22.7. The number of halogens is 1. The van der Waals surface area contributed by atoms with E-state index in [4.69, 9.17) is 23.8 Å². The summed E-state index contributed by atoms with van der Waals surface area (Å²) in [6.45, 7) is 3.63. The predicted molar refractivity (Wildman–Crippen MR) is 155 cm³/mol. The molecule has 2 aromatic heterocycles. The number of nitrogens with zero attached hydrogens (tertiary/aromatic N) is 4. The molecule has 1 saturated heterocycles. The van der Waals surface area contributed by atoms with Crippen LogP contribution in [0.5, 0.6) is 0 Å². The van der Waals surface area contributed by atoms with Crippen molar-refractivity contribution in [3.05, 3.63) is 112 Å². The van der Waals surface area contributed by atoms with E-state index < -0.39 is 4.92 Å². The Kier molecular flexibility index (Phi) is 7.32. The van der Waals surface area contributed by atoms with Crippen LogP contribution < -0.4 is 15.5 Å². The lowest BCUT2D eigenvalue weighted by molar-refractivity contribution is -0.384. The third kappa shape index (κ3) is 5.21. The van der Waals surface area contributed by atoms with Crippen molar-refractivity contribution in [3.8, 4) is 5.69 Å². The summed E-state index contributed by atoms with van der Waals surface area (Å²) >= 11 is 12.4. The van der Waals surface area contributed by atoms with Crippen LogP contribution in [0.3, 0.4) is 0 Å². The normalized spacial score (nSPS) is 16.8. The van der Waals surface area contributed by atoms with E-state index in [0.717, 1.165) is 22.8 Å². The van der Waals surface area contributed by atoms with Gasteiger partial charge < -0.3 is 20.1 Å². The first kappa shape index (κ1) is 26.3. The lowest BCUT2D eigenvalue weighted by atomic mass is 10.0. The fourth-order valence-electron chi connectivity index (χ4n) is 4.57. The average molecular weight is 561 g/mol. The maximum atomic E-state index is 12.2. The molecule has 1 aliphatic heterocycles. The molecule has 1 fully saturated rings. The molecule has 5 rings (SSSR count). The molecule has 0 unspecified atom stereocenters. The first-order chi connectivity index (χ1) is 18.7. The Labute approximate surface area is 235 Å². The van der Waals surface area contributed by atoms with Crippen LogP contribution in [-0.2, 0) is 4.79 Å². The Morgan fingerprint density at radius 1 is 1.10 bits per heavy atom. The lowest BCUT2D eigenvalue weighted by Gasteiger charge is -2.29. The number of nitro groups is 1. The molecule has 9 nitrogen and oxygen atoms in total. The summed E-state index contributed by atoms with van der Waals surface area (Å²) in [6, 6.07) is 20.8. The van der Waals surface area contributed by atoms with Crippen LogP contribution in [0.15, 0.2) is 85.2 Å². The molecule has 1 aliphatic rings. The molecule has 2 aromatic carbocycles. The van der Waals surface area contributed by atoms with Crippen molar-refractivity contribution in [2.45, 2.75) is 25.9 Å². The minimum Gasteiger partial charge on any atom is -0.351 e. The average Bonchev–Trinajstić information content (AvgIpc) is 3.54. The number of nitro benzene ring substituents is 1. The highest BCUT2D eigenvalue weighted by atomic mass is 35.5. The van der Waals surface area contributed by atoms with Gasteiger partial charge in [0, 0.05) is 47.5 Å². The molecule has 3 heterocycles. The number of anilines is 2. The zero-order chi connectivity index (χ0) is 27.7. The van der Waals surface area contributed by atoms with Gasteiger partial charge in [-0.2, -0.15) is 0 Å². The van der Waals surface area contributed by atoms with Gasteiger partial charge >= 0.3 is 0 Å². The molecule has 2 atom stereocenters. The van der Waals surface area contributed by atoms with E-state index in [0.29, 0.717) is 15.8 Å². The van der Waals surface area contributed by atoms with E-state index in [1.54, 1.807) is 30.5 Å². The van der Waals surface area contributed by atoms with Gasteiger partial charge in [0.1, 0.15) is 6.04 Å². The first-order valence-electron chi connectivity index (χ1n) is 12.3. The summed E-state index contributed by atoms with van der Waals surface area (Å²) in [5.41, 5.74) is 3.73. The highest BCUT2D eigenvalue weighted by Gasteiger charge is 2.42. The van der Waals surface area contributed by atoms with Crippen LogP contribution in [0.2, 0.25) is 5.02 Å². The molecule has 39 heavy (non-hydrogen) atoms. The molecule has 11 heteroatoms. The number of rotatable bonds is 7. The summed E-state index contributed by atoms with van der Waals surface area (Å²) in [7, 11) is 0. The van der Waals surface area contributed by atoms with Crippen LogP contribution >= 0.6 is 23.8 Å². The Hall–Kier alpha value is -4.28. The number of amides is 1. The Morgan fingerprint density at radius 2 is 1.85 bits per heavy atom. The second-order valence-electron chi connectivity index (χ2n) is 9.38. The number of pyridine rings is 1. The summed E-state index contributed by atoms with van der Waals surface area (Å²) in [6.07, 6.45) is 3.64. The lowest BCUT2D eigenvalue weighted by Crippen LogP contribution is -2.30. The minimum atomic E-state index is -0.421. The van der Waals surface area contributed by atoms with Crippen molar-refractivity contribution in [2.75, 3.05) is 10.2 Å². The third-order valence-electron chi connectivity index (χ3n) is 6.53. The number of non-ortho nitro benzene ring substituents is 1. The maximum absolute atomic E-state index is 12.2. The van der Waals surface area contributed by atoms with Crippen LogP contribution in [0.4, 0.5) is 17.1 Å². The molecule has 4 aromatic rings. The highest BCUT2D eigenvalue weighted by molar-refractivity contribution is 7.80. The van der Waals surface area contributed by atoms with E-state index in [1.165, 1.54) is 12.1 Å². The minimum absolute atomic E-state index is 0.0171. The molecule has 0 aliphatic carbocycles. The van der Waals surface area contributed by atoms with Crippen molar-refractivity contribution in [1.82, 2.24) is 14.9 Å². The van der Waals surface area contributed by atoms with Crippen LogP contribution in [0.25, 0.3) is 5.69 Å². The fourth-order valence-corrected chi connectivity index (χ4v) is 5.14. The monoisotopic (exact) mass is 560 g/mol. The number of benzene rings is 2. The fraction of sp³-hybridized carbons (Fsp3) is 0.179. The zero-order valence-electron chi connectivity index (χ0n) is 21.1. The van der Waals surface area contributed by atoms with Crippen molar-refractivity contribution < 1.29 is 9.72 Å². The smallest absolute Gasteiger partial charge is 0.269 e. The molecule has 0 saturated carbocycles. The molecular formula is C28H25ClN6O3S. The van der Waals surface area contributed by atoms with Gasteiger partial charge in [-0.3, -0.25) is 19.9 Å². The van der Waals surface area contributed by atoms with Gasteiger partial charge in [0.15, 0.2) is 5.11 Å². The van der Waals surface area contributed by atoms with E-state index in [-0.39, 0.29) is 29.6 Å². The van der Waals surface area contributed by atoms with Gasteiger partial charge in [-0.25, -0.2) is 0 Å². The number of carbonyl (C=O) groups is 1. The molecule has 0 bridgehead atoms. The Morgan fingerprint density at radius 3 is 2.49 bits per heavy atom. The van der Waals surface area contributed by atoms with E-state index in [2.05, 4.69) is 15.6 Å². The van der Waals surface area contributed by atoms with Gasteiger partial charge in [0.05, 0.1) is 27.4 Å². The van der Waals surface area contributed by atoms with Gasteiger partial charge in [0.25, 0.3) is 5.69 Å². The maximum Gasteiger partial charge on any atom is 0.269 e. The molecule has 0 spiro atoms. The SMILES string of the molecule is CC(C)C(=O)Nc1ccc(N2C(=S)N[C@@H](c3ccccn3)[C@@H]2c2cccn2-c2ccc([N+](=O)[O-])cc2)cc1Cl. The van der Waals surface area contributed by atoms with E-state index >= 15 is 0 Å². The van der Waals surface area contributed by atoms with Crippen LogP contribution in [0.1, 0.15) is 37.3 Å². The highest BCUT2D eigenvalue weighted by Crippen LogP contribution is 2.43. The number of hydrogen-bond donors (Lipinski definition) is 2. The summed E-state index contributed by atoms with van der Waals surface area (Å²) in [5.74, 6) is -0.316. The topological polar surface area (TPSA) is 105 Å². The standard InChI is InChI=1S/C28H25ClN6O3S/c1-17(2)27(36)31-22-13-12-20(16-21(22)29)34-26(25(32-28(34)39)23-6-3-4-14-30-23)24-7-5-15-33(24)18-8-10-19(11-9-18)35(37)38/h3-17,25-26H,1-2H3,(H,31,36)(H,32,39)/t25-,26-/m0/s1. The predicted octanol–water partition coefficient (Wildman–Crippen LogP) is 6.21. The molecule has 0 radical (unpaired) electrons. The van der Waals surface area contributed by atoms with Crippen molar-refractivity contribution >= 4 is 51.9 Å². The van der Waals surface area contributed by atoms with Crippen molar-refractivity contribution in [1.29, 1.82) is 0 Å². The number of carbonyl (C=O) groups excluding carboxylic acids is 1. The van der Waals surface area contributed by atoms with E-state index in [1.807, 2.05) is 65.9 Å². The Bertz CT molecular complexity index is 1540.